The van der Waals surface area contributed by atoms with Crippen LogP contribution in [0.2, 0.25) is 0 Å². The van der Waals surface area contributed by atoms with Crippen molar-refractivity contribution in [2.75, 3.05) is 40.9 Å². The number of aliphatic hydroxyl groups is 1. The molecule has 0 spiro atoms. The Morgan fingerprint density at radius 2 is 0.953 bits per heavy atom. The van der Waals surface area contributed by atoms with Crippen LogP contribution in [0.4, 0.5) is 0 Å². The third-order valence-corrected chi connectivity index (χ3v) is 13.4. The van der Waals surface area contributed by atoms with Gasteiger partial charge in [0.1, 0.15) is 13.2 Å². The highest BCUT2D eigenvalue weighted by atomic mass is 31.2. The van der Waals surface area contributed by atoms with Gasteiger partial charge in [-0.1, -0.05) is 243 Å². The fourth-order valence-electron chi connectivity index (χ4n) is 8.12. The van der Waals surface area contributed by atoms with Crippen molar-refractivity contribution in [2.45, 2.75) is 270 Å². The first kappa shape index (κ1) is 62.7. The number of allylic oxidation sites excluding steroid dienone is 6. The lowest BCUT2D eigenvalue weighted by Gasteiger charge is -2.30. The maximum atomic E-state index is 12.9. The fourth-order valence-corrected chi connectivity index (χ4v) is 8.84. The molecule has 0 aromatic heterocycles. The van der Waals surface area contributed by atoms with Crippen LogP contribution in [0.1, 0.15) is 258 Å². The molecule has 0 fully saturated rings. The Hall–Kier alpha value is -1.28. The van der Waals surface area contributed by atoms with Crippen LogP contribution in [0.5, 0.6) is 0 Å². The number of phosphoric ester groups is 1. The van der Waals surface area contributed by atoms with E-state index in [4.69, 9.17) is 9.05 Å². The van der Waals surface area contributed by atoms with Gasteiger partial charge in [-0.25, -0.2) is 0 Å². The highest BCUT2D eigenvalue weighted by Gasteiger charge is 2.24. The summed E-state index contributed by atoms with van der Waals surface area (Å²) in [7, 11) is 1.29. The summed E-state index contributed by atoms with van der Waals surface area (Å²) in [5.41, 5.74) is 0. The van der Waals surface area contributed by atoms with Crippen molar-refractivity contribution in [2.24, 2.45) is 0 Å². The molecule has 0 bridgehead atoms. The minimum atomic E-state index is -4.58. The van der Waals surface area contributed by atoms with Crippen LogP contribution in [0, 0.1) is 0 Å². The van der Waals surface area contributed by atoms with Crippen LogP contribution in [-0.4, -0.2) is 68.5 Å². The molecule has 2 N–H and O–H groups in total. The summed E-state index contributed by atoms with van der Waals surface area (Å²) in [5.74, 6) is -0.192. The molecule has 0 aromatic carbocycles. The van der Waals surface area contributed by atoms with Gasteiger partial charge in [0, 0.05) is 6.42 Å². The van der Waals surface area contributed by atoms with Gasteiger partial charge < -0.3 is 28.8 Å². The number of nitrogens with zero attached hydrogens (tertiary/aromatic N) is 1. The zero-order valence-electron chi connectivity index (χ0n) is 43.0. The lowest BCUT2D eigenvalue weighted by Crippen LogP contribution is -2.46. The van der Waals surface area contributed by atoms with E-state index in [0.717, 1.165) is 64.2 Å². The average molecular weight is 923 g/mol. The second-order valence-corrected chi connectivity index (χ2v) is 21.3. The van der Waals surface area contributed by atoms with Crippen LogP contribution >= 0.6 is 7.82 Å². The van der Waals surface area contributed by atoms with E-state index in [1.807, 2.05) is 21.1 Å². The number of unbranched alkanes of at least 4 members (excludes halogenated alkanes) is 31. The first-order chi connectivity index (χ1) is 31.0. The molecule has 0 heterocycles. The van der Waals surface area contributed by atoms with Gasteiger partial charge >= 0.3 is 0 Å². The number of hydrogen-bond acceptors (Lipinski definition) is 6. The monoisotopic (exact) mass is 923 g/mol. The van der Waals surface area contributed by atoms with E-state index in [-0.39, 0.29) is 19.1 Å². The third kappa shape index (κ3) is 48.6. The van der Waals surface area contributed by atoms with Crippen LogP contribution in [0.25, 0.3) is 0 Å². The molecule has 1 amide bonds. The highest BCUT2D eigenvalue weighted by molar-refractivity contribution is 7.45. The van der Waals surface area contributed by atoms with Crippen LogP contribution in [0.3, 0.4) is 0 Å². The smallest absolute Gasteiger partial charge is 0.268 e. The molecular weight excluding hydrogens is 816 g/mol. The highest BCUT2D eigenvalue weighted by Crippen LogP contribution is 2.38. The van der Waals surface area contributed by atoms with Gasteiger partial charge in [0.15, 0.2) is 0 Å². The number of quaternary nitrogens is 1. The summed E-state index contributed by atoms with van der Waals surface area (Å²) in [6, 6.07) is -0.816. The fraction of sp³-hybridized carbons (Fsp3) is 0.873. The summed E-state index contributed by atoms with van der Waals surface area (Å²) in [6.45, 7) is 4.60. The summed E-state index contributed by atoms with van der Waals surface area (Å²) < 4.78 is 23.3. The molecule has 64 heavy (non-hydrogen) atoms. The van der Waals surface area contributed by atoms with Crippen molar-refractivity contribution in [3.8, 4) is 0 Å². The van der Waals surface area contributed by atoms with Crippen LogP contribution < -0.4 is 10.2 Å². The molecule has 378 valence electrons. The molecular formula is C55H107N2O6P. The number of carbonyl (C=O) groups excluding carboxylic acids is 1. The Labute approximate surface area is 397 Å². The maximum Gasteiger partial charge on any atom is 0.268 e. The predicted octanol–water partition coefficient (Wildman–Crippen LogP) is 15.6. The molecule has 0 aromatic rings. The summed E-state index contributed by atoms with van der Waals surface area (Å²) >= 11 is 0. The molecule has 3 atom stereocenters. The lowest BCUT2D eigenvalue weighted by atomic mass is 10.0. The first-order valence-electron chi connectivity index (χ1n) is 27.3. The number of amides is 1. The molecule has 0 aliphatic rings. The second kappa shape index (κ2) is 46.8. The van der Waals surface area contributed by atoms with Gasteiger partial charge in [-0.05, 0) is 44.9 Å². The number of aliphatic hydroxyl groups excluding tert-OH is 1. The number of nitrogens with one attached hydrogen (secondary N) is 1. The van der Waals surface area contributed by atoms with E-state index in [1.54, 1.807) is 0 Å². The Kier molecular flexibility index (Phi) is 45.9. The number of phosphoric acid groups is 1. The summed E-state index contributed by atoms with van der Waals surface area (Å²) in [5, 5.41) is 14.0. The van der Waals surface area contributed by atoms with Crippen molar-refractivity contribution in [1.82, 2.24) is 5.32 Å². The number of rotatable bonds is 50. The molecule has 8 nitrogen and oxygen atoms in total. The molecule has 9 heteroatoms. The van der Waals surface area contributed by atoms with E-state index < -0.39 is 20.0 Å². The Morgan fingerprint density at radius 1 is 0.562 bits per heavy atom. The molecule has 3 unspecified atom stereocenters. The SMILES string of the molecule is CC/C=C\C/C=C\C/C=C\CCCCCC(=O)NC(COP(=O)([O-])OCC[N+](C)(C)C)C(O)CCCCCCCCCCCCCCCCCCCCCCCCCCCCCCC. The van der Waals surface area contributed by atoms with Crippen molar-refractivity contribution in [3.63, 3.8) is 0 Å². The van der Waals surface area contributed by atoms with Crippen LogP contribution in [-0.2, 0) is 18.4 Å². The summed E-state index contributed by atoms with van der Waals surface area (Å²) in [4.78, 5) is 25.4. The normalized spacial score (nSPS) is 14.3. The van der Waals surface area contributed by atoms with Crippen molar-refractivity contribution in [1.29, 1.82) is 0 Å². The predicted molar refractivity (Wildman–Crippen MR) is 275 cm³/mol. The molecule has 0 saturated heterocycles. The van der Waals surface area contributed by atoms with Crippen molar-refractivity contribution < 1.29 is 32.9 Å². The molecule has 0 radical (unpaired) electrons. The third-order valence-electron chi connectivity index (χ3n) is 12.4. The van der Waals surface area contributed by atoms with Gasteiger partial charge in [-0.15, -0.1) is 0 Å². The Bertz CT molecular complexity index is 1140. The van der Waals surface area contributed by atoms with Gasteiger partial charge in [0.2, 0.25) is 5.91 Å². The van der Waals surface area contributed by atoms with E-state index >= 15 is 0 Å². The molecule has 0 aliphatic carbocycles. The van der Waals surface area contributed by atoms with Crippen molar-refractivity contribution >= 4 is 13.7 Å². The topological polar surface area (TPSA) is 108 Å². The number of carbonyl (C=O) groups is 1. The van der Waals surface area contributed by atoms with E-state index in [9.17, 15) is 19.4 Å². The molecule has 0 rings (SSSR count). The maximum absolute atomic E-state index is 12.9. The largest absolute Gasteiger partial charge is 0.756 e. The van der Waals surface area contributed by atoms with E-state index in [2.05, 4.69) is 55.6 Å². The van der Waals surface area contributed by atoms with Crippen LogP contribution in [0.15, 0.2) is 36.5 Å². The lowest BCUT2D eigenvalue weighted by molar-refractivity contribution is -0.870. The van der Waals surface area contributed by atoms with Gasteiger partial charge in [-0.3, -0.25) is 9.36 Å². The van der Waals surface area contributed by atoms with Crippen molar-refractivity contribution in [3.05, 3.63) is 36.5 Å². The Morgan fingerprint density at radius 3 is 1.38 bits per heavy atom. The zero-order chi connectivity index (χ0) is 47.1. The minimum absolute atomic E-state index is 0.00599. The minimum Gasteiger partial charge on any atom is -0.756 e. The standard InChI is InChI=1S/C55H107N2O6P/c1-6-8-10-12-14-16-18-20-21-22-23-24-25-26-27-28-29-30-31-32-33-34-35-37-38-40-42-44-46-48-54(58)53(52-63-64(60,61)62-51-50-57(3,4)5)56-55(59)49-47-45-43-41-39-36-19-17-15-13-11-9-7-2/h9,11,15,17,36,39,53-54,58H,6-8,10,12-14,16,18-35,37-38,40-52H2,1-5H3,(H-,56,59,60,61)/b11-9-,17-15-,39-36-. The number of hydrogen-bond donors (Lipinski definition) is 2. The number of likely N-dealkylation sites (N-methyl/N-ethyl adjacent to an activating group) is 1. The summed E-state index contributed by atoms with van der Waals surface area (Å²) in [6.07, 6.45) is 59.1. The first-order valence-corrected chi connectivity index (χ1v) is 28.8. The average Bonchev–Trinajstić information content (AvgIpc) is 3.25. The van der Waals surface area contributed by atoms with E-state index in [0.29, 0.717) is 23.9 Å². The quantitative estimate of drug-likeness (QED) is 0.0272. The second-order valence-electron chi connectivity index (χ2n) is 19.9. The molecule has 0 saturated carbocycles. The van der Waals surface area contributed by atoms with Gasteiger partial charge in [0.05, 0.1) is 39.9 Å². The van der Waals surface area contributed by atoms with Gasteiger partial charge in [-0.2, -0.15) is 0 Å². The zero-order valence-corrected chi connectivity index (χ0v) is 43.9. The van der Waals surface area contributed by atoms with Gasteiger partial charge in [0.25, 0.3) is 7.82 Å². The van der Waals surface area contributed by atoms with E-state index in [1.165, 1.54) is 167 Å². The Balaban J connectivity index is 4.07. The molecule has 0 aliphatic heterocycles.